The van der Waals surface area contributed by atoms with Crippen LogP contribution < -0.4 is 21.3 Å². The number of amides is 6. The predicted molar refractivity (Wildman–Crippen MR) is 187 cm³/mol. The van der Waals surface area contributed by atoms with E-state index in [2.05, 4.69) is 21.3 Å². The Bertz CT molecular complexity index is 1350. The minimum absolute atomic E-state index is 0.0215. The van der Waals surface area contributed by atoms with Gasteiger partial charge >= 0.3 is 12.2 Å². The molecular weight excluding hydrogens is 644 g/mol. The number of alkyl carbamates (subject to hydrolysis) is 1. The molecule has 0 radical (unpaired) electrons. The quantitative estimate of drug-likeness (QED) is 0.258. The number of hydrogen-bond donors (Lipinski definition) is 4. The van der Waals surface area contributed by atoms with E-state index in [1.54, 1.807) is 30.6 Å². The summed E-state index contributed by atoms with van der Waals surface area (Å²) in [6.07, 6.45) is 0.904. The van der Waals surface area contributed by atoms with Crippen molar-refractivity contribution in [2.45, 2.75) is 104 Å². The van der Waals surface area contributed by atoms with E-state index in [0.29, 0.717) is 32.6 Å². The van der Waals surface area contributed by atoms with Crippen LogP contribution in [0.25, 0.3) is 0 Å². The molecule has 2 atom stereocenters. The van der Waals surface area contributed by atoms with Crippen LogP contribution in [0.1, 0.15) is 80.2 Å². The first-order valence-corrected chi connectivity index (χ1v) is 17.4. The first-order valence-electron chi connectivity index (χ1n) is 17.4. The molecule has 1 spiro atoms. The molecule has 0 aliphatic carbocycles. The summed E-state index contributed by atoms with van der Waals surface area (Å²) in [6, 6.07) is 7.17. The summed E-state index contributed by atoms with van der Waals surface area (Å²) in [5.74, 6) is -1.86. The zero-order valence-corrected chi connectivity index (χ0v) is 30.9. The second kappa shape index (κ2) is 17.0. The fourth-order valence-electron chi connectivity index (χ4n) is 5.91. The molecule has 6 amide bonds. The maximum atomic E-state index is 13.1. The lowest BCUT2D eigenvalue weighted by molar-refractivity contribution is -0.137. The summed E-state index contributed by atoms with van der Waals surface area (Å²) in [6.45, 7) is 16.1. The molecule has 0 saturated carbocycles. The van der Waals surface area contributed by atoms with E-state index in [9.17, 15) is 28.8 Å². The summed E-state index contributed by atoms with van der Waals surface area (Å²) in [4.78, 5) is 80.4. The van der Waals surface area contributed by atoms with Gasteiger partial charge in [-0.2, -0.15) is 0 Å². The lowest BCUT2D eigenvalue weighted by atomic mass is 9.72. The molecule has 14 nitrogen and oxygen atoms in total. The molecule has 14 heteroatoms. The Morgan fingerprint density at radius 2 is 1.32 bits per heavy atom. The number of nitrogens with one attached hydrogen (secondary N) is 4. The molecule has 4 N–H and O–H groups in total. The van der Waals surface area contributed by atoms with Gasteiger partial charge in [0.05, 0.1) is 13.1 Å². The highest BCUT2D eigenvalue weighted by Gasteiger charge is 2.48. The summed E-state index contributed by atoms with van der Waals surface area (Å²) in [5.41, 5.74) is -0.546. The first-order chi connectivity index (χ1) is 23.2. The van der Waals surface area contributed by atoms with E-state index in [1.807, 2.05) is 65.0 Å². The van der Waals surface area contributed by atoms with Gasteiger partial charge in [-0.1, -0.05) is 44.2 Å². The number of benzene rings is 1. The number of nitrogens with zero attached hydrogens (tertiary/aromatic N) is 2. The van der Waals surface area contributed by atoms with E-state index in [4.69, 9.17) is 9.47 Å². The Morgan fingerprint density at radius 1 is 0.760 bits per heavy atom. The van der Waals surface area contributed by atoms with E-state index >= 15 is 0 Å². The zero-order chi connectivity index (χ0) is 37.3. The van der Waals surface area contributed by atoms with Crippen molar-refractivity contribution in [2.75, 3.05) is 39.3 Å². The van der Waals surface area contributed by atoms with Crippen molar-refractivity contribution < 1.29 is 38.2 Å². The molecule has 2 heterocycles. The van der Waals surface area contributed by atoms with Crippen molar-refractivity contribution in [2.24, 2.45) is 11.3 Å². The van der Waals surface area contributed by atoms with Gasteiger partial charge in [0, 0.05) is 38.0 Å². The van der Waals surface area contributed by atoms with E-state index in [0.717, 1.165) is 18.4 Å². The standard InChI is InChI=1S/C36H56N6O8/c1-24(2)18-26(30(45)38-21-29(44)41-16-14-36(15-17-41)22-42(23-36)33(48)50-35(6,7)8)39-28(43)20-37-31(46)27(19-25-12-10-9-11-13-25)40-32(47)49-34(3,4)5/h9-13,24,26-27H,14-23H2,1-8H3,(H,37,46)(H,38,45)(H,39,43)(H,40,47). The maximum absolute atomic E-state index is 13.1. The number of rotatable bonds is 12. The Kier molecular flexibility index (Phi) is 13.7. The monoisotopic (exact) mass is 700 g/mol. The van der Waals surface area contributed by atoms with Crippen molar-refractivity contribution in [1.82, 2.24) is 31.1 Å². The Hall–Kier alpha value is -4.36. The average Bonchev–Trinajstić information content (AvgIpc) is 2.99. The van der Waals surface area contributed by atoms with E-state index in [1.165, 1.54) is 0 Å². The van der Waals surface area contributed by atoms with Crippen LogP contribution in [0.2, 0.25) is 0 Å². The van der Waals surface area contributed by atoms with Crippen molar-refractivity contribution in [1.29, 1.82) is 0 Å². The summed E-state index contributed by atoms with van der Waals surface area (Å²) < 4.78 is 10.8. The van der Waals surface area contributed by atoms with Gasteiger partial charge in [-0.25, -0.2) is 9.59 Å². The van der Waals surface area contributed by atoms with Gasteiger partial charge in [0.15, 0.2) is 0 Å². The summed E-state index contributed by atoms with van der Waals surface area (Å²) >= 11 is 0. The second-order valence-corrected chi connectivity index (χ2v) is 15.8. The zero-order valence-electron chi connectivity index (χ0n) is 30.9. The molecule has 3 rings (SSSR count). The summed E-state index contributed by atoms with van der Waals surface area (Å²) in [7, 11) is 0. The molecule has 1 aromatic rings. The van der Waals surface area contributed by atoms with Crippen molar-refractivity contribution in [3.05, 3.63) is 35.9 Å². The van der Waals surface area contributed by atoms with Crippen LogP contribution in [-0.4, -0.2) is 108 Å². The van der Waals surface area contributed by atoms with Crippen molar-refractivity contribution in [3.8, 4) is 0 Å². The Morgan fingerprint density at radius 3 is 1.88 bits per heavy atom. The number of likely N-dealkylation sites (tertiary alicyclic amines) is 2. The Labute approximate surface area is 295 Å². The van der Waals surface area contributed by atoms with Gasteiger partial charge in [-0.15, -0.1) is 0 Å². The third kappa shape index (κ3) is 13.2. The third-order valence-electron chi connectivity index (χ3n) is 8.37. The lowest BCUT2D eigenvalue weighted by Gasteiger charge is -2.53. The molecule has 1 aromatic carbocycles. The SMILES string of the molecule is CC(C)CC(NC(=O)CNC(=O)C(Cc1ccccc1)NC(=O)OC(C)(C)C)C(=O)NCC(=O)N1CCC2(CC1)CN(C(=O)OC(C)(C)C)C2. The van der Waals surface area contributed by atoms with Gasteiger partial charge < -0.3 is 40.5 Å². The highest BCUT2D eigenvalue weighted by Crippen LogP contribution is 2.41. The lowest BCUT2D eigenvalue weighted by Crippen LogP contribution is -2.63. The van der Waals surface area contributed by atoms with Crippen LogP contribution in [0, 0.1) is 11.3 Å². The molecule has 50 heavy (non-hydrogen) atoms. The molecule has 2 fully saturated rings. The number of piperidine rings is 1. The minimum Gasteiger partial charge on any atom is -0.444 e. The maximum Gasteiger partial charge on any atom is 0.410 e. The normalized spacial score (nSPS) is 16.8. The van der Waals surface area contributed by atoms with E-state index < -0.39 is 53.6 Å². The van der Waals surface area contributed by atoms with Gasteiger partial charge in [0.1, 0.15) is 23.3 Å². The first kappa shape index (κ1) is 40.1. The topological polar surface area (TPSA) is 175 Å². The summed E-state index contributed by atoms with van der Waals surface area (Å²) in [5, 5.41) is 10.5. The highest BCUT2D eigenvalue weighted by molar-refractivity contribution is 5.93. The van der Waals surface area contributed by atoms with Gasteiger partial charge in [0.2, 0.25) is 23.6 Å². The fourth-order valence-corrected chi connectivity index (χ4v) is 5.91. The van der Waals surface area contributed by atoms with Crippen molar-refractivity contribution in [3.63, 3.8) is 0 Å². The number of carbonyl (C=O) groups excluding carboxylic acids is 6. The molecule has 2 unspecified atom stereocenters. The number of hydrogen-bond acceptors (Lipinski definition) is 8. The molecule has 2 saturated heterocycles. The molecule has 0 bridgehead atoms. The number of ether oxygens (including phenoxy) is 2. The smallest absolute Gasteiger partial charge is 0.410 e. The van der Waals surface area contributed by atoms with Gasteiger partial charge in [-0.3, -0.25) is 19.2 Å². The number of carbonyl (C=O) groups is 6. The molecule has 0 aromatic heterocycles. The largest absolute Gasteiger partial charge is 0.444 e. The molecular formula is C36H56N6O8. The average molecular weight is 701 g/mol. The minimum atomic E-state index is -1.02. The van der Waals surface area contributed by atoms with Gasteiger partial charge in [-0.05, 0) is 72.3 Å². The van der Waals surface area contributed by atoms with Crippen LogP contribution in [-0.2, 0) is 35.1 Å². The molecule has 2 aliphatic heterocycles. The van der Waals surface area contributed by atoms with Crippen LogP contribution >= 0.6 is 0 Å². The Balaban J connectivity index is 1.48. The van der Waals surface area contributed by atoms with Crippen molar-refractivity contribution >= 4 is 35.8 Å². The molecule has 2 aliphatic rings. The van der Waals surface area contributed by atoms with E-state index in [-0.39, 0.29) is 36.3 Å². The predicted octanol–water partition coefficient (Wildman–Crippen LogP) is 2.75. The van der Waals surface area contributed by atoms with Gasteiger partial charge in [0.25, 0.3) is 0 Å². The van der Waals surface area contributed by atoms with Crippen LogP contribution in [0.4, 0.5) is 9.59 Å². The van der Waals surface area contributed by atoms with Crippen LogP contribution in [0.3, 0.4) is 0 Å². The van der Waals surface area contributed by atoms with Crippen LogP contribution in [0.15, 0.2) is 30.3 Å². The second-order valence-electron chi connectivity index (χ2n) is 15.8. The van der Waals surface area contributed by atoms with Crippen LogP contribution in [0.5, 0.6) is 0 Å². The third-order valence-corrected chi connectivity index (χ3v) is 8.37. The fraction of sp³-hybridized carbons (Fsp3) is 0.667. The molecule has 278 valence electrons. The highest BCUT2D eigenvalue weighted by atomic mass is 16.6.